The van der Waals surface area contributed by atoms with E-state index >= 15 is 0 Å². The van der Waals surface area contributed by atoms with Gasteiger partial charge in [-0.15, -0.1) is 0 Å². The minimum atomic E-state index is -0.686. The van der Waals surface area contributed by atoms with Crippen molar-refractivity contribution in [3.63, 3.8) is 0 Å². The zero-order valence-electron chi connectivity index (χ0n) is 11.1. The molecule has 5 heteroatoms. The zero-order valence-corrected chi connectivity index (χ0v) is 11.9. The number of nitrogens with zero attached hydrogens (tertiary/aromatic N) is 1. The van der Waals surface area contributed by atoms with Gasteiger partial charge in [-0.3, -0.25) is 4.79 Å². The van der Waals surface area contributed by atoms with Crippen LogP contribution in [-0.2, 0) is 16.0 Å². The Morgan fingerprint density at radius 2 is 2.00 bits per heavy atom. The van der Waals surface area contributed by atoms with Crippen molar-refractivity contribution >= 4 is 23.5 Å². The maximum atomic E-state index is 12.4. The highest BCUT2D eigenvalue weighted by molar-refractivity contribution is 6.31. The van der Waals surface area contributed by atoms with Gasteiger partial charge in [-0.2, -0.15) is 0 Å². The highest BCUT2D eigenvalue weighted by Gasteiger charge is 2.34. The second kappa shape index (κ2) is 5.44. The Labute approximate surface area is 122 Å². The molecule has 1 fully saturated rings. The smallest absolute Gasteiger partial charge is 0.339 e. The number of cyclic esters (lactones) is 1. The molecule has 0 radical (unpaired) electrons. The van der Waals surface area contributed by atoms with Gasteiger partial charge in [0.15, 0.2) is 6.10 Å². The summed E-state index contributed by atoms with van der Waals surface area (Å²) in [5.41, 5.74) is 1.31. The lowest BCUT2D eigenvalue weighted by Gasteiger charge is -2.32. The van der Waals surface area contributed by atoms with Crippen molar-refractivity contribution in [1.82, 2.24) is 4.90 Å². The van der Waals surface area contributed by atoms with Gasteiger partial charge in [-0.1, -0.05) is 17.7 Å². The molecule has 2 aliphatic heterocycles. The Bertz CT molecular complexity index is 552. The van der Waals surface area contributed by atoms with Crippen molar-refractivity contribution in [1.29, 1.82) is 0 Å². The van der Waals surface area contributed by atoms with Crippen molar-refractivity contribution in [2.75, 3.05) is 13.1 Å². The predicted octanol–water partition coefficient (Wildman–Crippen LogP) is 2.43. The van der Waals surface area contributed by atoms with Gasteiger partial charge < -0.3 is 9.64 Å². The second-order valence-corrected chi connectivity index (χ2v) is 5.72. The van der Waals surface area contributed by atoms with Gasteiger partial charge in [-0.05, 0) is 37.0 Å². The SMILES string of the molecule is O=C1OC(C(=O)N2CCCCC2)Cc2ccc(Cl)cc21. The summed E-state index contributed by atoms with van der Waals surface area (Å²) >= 11 is 5.88. The standard InChI is InChI=1S/C15H16ClNO3/c16-11-5-4-10-8-13(20-15(19)12(10)9-11)14(18)17-6-2-1-3-7-17/h4-5,9,13H,1-3,6-8H2. The third-order valence-electron chi connectivity index (χ3n) is 3.89. The molecule has 20 heavy (non-hydrogen) atoms. The van der Waals surface area contributed by atoms with Crippen molar-refractivity contribution in [3.8, 4) is 0 Å². The minimum Gasteiger partial charge on any atom is -0.448 e. The van der Waals surface area contributed by atoms with Crippen LogP contribution in [0.25, 0.3) is 0 Å². The van der Waals surface area contributed by atoms with E-state index in [0.29, 0.717) is 17.0 Å². The lowest BCUT2D eigenvalue weighted by molar-refractivity contribution is -0.142. The number of rotatable bonds is 1. The Hall–Kier alpha value is -1.55. The number of ether oxygens (including phenoxy) is 1. The Kier molecular flexibility index (Phi) is 3.66. The quantitative estimate of drug-likeness (QED) is 0.747. The van der Waals surface area contributed by atoms with E-state index in [4.69, 9.17) is 16.3 Å². The van der Waals surface area contributed by atoms with Crippen LogP contribution in [0.3, 0.4) is 0 Å². The molecule has 1 unspecified atom stereocenters. The average Bonchev–Trinajstić information content (AvgIpc) is 2.48. The molecule has 0 aromatic heterocycles. The summed E-state index contributed by atoms with van der Waals surface area (Å²) in [6.07, 6.45) is 2.97. The van der Waals surface area contributed by atoms with Crippen LogP contribution in [0, 0.1) is 0 Å². The monoisotopic (exact) mass is 293 g/mol. The normalized spacial score (nSPS) is 22.1. The number of carbonyl (C=O) groups is 2. The van der Waals surface area contributed by atoms with Crippen molar-refractivity contribution in [2.45, 2.75) is 31.8 Å². The van der Waals surface area contributed by atoms with E-state index in [2.05, 4.69) is 0 Å². The van der Waals surface area contributed by atoms with Gasteiger partial charge in [0.2, 0.25) is 0 Å². The maximum absolute atomic E-state index is 12.4. The lowest BCUT2D eigenvalue weighted by Crippen LogP contribution is -2.46. The molecule has 106 valence electrons. The number of halogens is 1. The van der Waals surface area contributed by atoms with Gasteiger partial charge >= 0.3 is 5.97 Å². The molecule has 4 nitrogen and oxygen atoms in total. The fourth-order valence-electron chi connectivity index (χ4n) is 2.81. The van der Waals surface area contributed by atoms with E-state index in [1.165, 1.54) is 0 Å². The average molecular weight is 294 g/mol. The lowest BCUT2D eigenvalue weighted by atomic mass is 9.97. The molecule has 3 rings (SSSR count). The minimum absolute atomic E-state index is 0.0707. The number of amides is 1. The van der Waals surface area contributed by atoms with Crippen LogP contribution in [0.1, 0.15) is 35.2 Å². The largest absolute Gasteiger partial charge is 0.448 e. The number of esters is 1. The fraction of sp³-hybridized carbons (Fsp3) is 0.467. The first kappa shape index (κ1) is 13.4. The first-order chi connectivity index (χ1) is 9.65. The molecular weight excluding hydrogens is 278 g/mol. The molecule has 1 saturated heterocycles. The summed E-state index contributed by atoms with van der Waals surface area (Å²) in [4.78, 5) is 26.2. The molecule has 0 spiro atoms. The van der Waals surface area contributed by atoms with Crippen molar-refractivity contribution < 1.29 is 14.3 Å². The van der Waals surface area contributed by atoms with Crippen LogP contribution in [0.15, 0.2) is 18.2 Å². The topological polar surface area (TPSA) is 46.6 Å². The maximum Gasteiger partial charge on any atom is 0.339 e. The van der Waals surface area contributed by atoms with Gasteiger partial charge in [0, 0.05) is 24.5 Å². The molecule has 2 heterocycles. The Morgan fingerprint density at radius 3 is 2.75 bits per heavy atom. The van der Waals surface area contributed by atoms with Gasteiger partial charge in [0.05, 0.1) is 5.56 Å². The molecule has 1 aromatic carbocycles. The third-order valence-corrected chi connectivity index (χ3v) is 4.12. The van der Waals surface area contributed by atoms with Gasteiger partial charge in [0.25, 0.3) is 5.91 Å². The zero-order chi connectivity index (χ0) is 14.1. The molecule has 0 N–H and O–H groups in total. The predicted molar refractivity (Wildman–Crippen MR) is 74.8 cm³/mol. The number of likely N-dealkylation sites (tertiary alicyclic amines) is 1. The summed E-state index contributed by atoms with van der Waals surface area (Å²) in [6.45, 7) is 1.53. The van der Waals surface area contributed by atoms with E-state index in [1.54, 1.807) is 18.2 Å². The number of hydrogen-bond acceptors (Lipinski definition) is 3. The van der Waals surface area contributed by atoms with Crippen LogP contribution >= 0.6 is 11.6 Å². The van der Waals surface area contributed by atoms with E-state index < -0.39 is 12.1 Å². The van der Waals surface area contributed by atoms with Gasteiger partial charge in [0.1, 0.15) is 0 Å². The number of piperidine rings is 1. The Morgan fingerprint density at radius 1 is 1.25 bits per heavy atom. The fourth-order valence-corrected chi connectivity index (χ4v) is 2.98. The van der Waals surface area contributed by atoms with Crippen LogP contribution < -0.4 is 0 Å². The third kappa shape index (κ3) is 2.52. The summed E-state index contributed by atoms with van der Waals surface area (Å²) in [5.74, 6) is -0.525. The van der Waals surface area contributed by atoms with Crippen LogP contribution in [-0.4, -0.2) is 36.0 Å². The first-order valence-corrected chi connectivity index (χ1v) is 7.31. The Balaban J connectivity index is 1.79. The van der Waals surface area contributed by atoms with Crippen molar-refractivity contribution in [3.05, 3.63) is 34.3 Å². The van der Waals surface area contributed by atoms with Gasteiger partial charge in [-0.25, -0.2) is 4.79 Å². The summed E-state index contributed by atoms with van der Waals surface area (Å²) < 4.78 is 5.29. The molecule has 1 atom stereocenters. The second-order valence-electron chi connectivity index (χ2n) is 5.29. The summed E-state index contributed by atoms with van der Waals surface area (Å²) in [5, 5.41) is 0.501. The highest BCUT2D eigenvalue weighted by Crippen LogP contribution is 2.25. The number of fused-ring (bicyclic) bond motifs is 1. The molecule has 1 aromatic rings. The van der Waals surface area contributed by atoms with E-state index in [0.717, 1.165) is 37.9 Å². The molecule has 0 aliphatic carbocycles. The van der Waals surface area contributed by atoms with E-state index in [1.807, 2.05) is 4.90 Å². The number of benzene rings is 1. The summed E-state index contributed by atoms with van der Waals surface area (Å²) in [6, 6.07) is 5.14. The molecule has 0 saturated carbocycles. The van der Waals surface area contributed by atoms with Crippen LogP contribution in [0.4, 0.5) is 0 Å². The summed E-state index contributed by atoms with van der Waals surface area (Å²) in [7, 11) is 0. The van der Waals surface area contributed by atoms with E-state index in [9.17, 15) is 9.59 Å². The molecule has 2 aliphatic rings. The number of hydrogen-bond donors (Lipinski definition) is 0. The van der Waals surface area contributed by atoms with Crippen LogP contribution in [0.2, 0.25) is 5.02 Å². The van der Waals surface area contributed by atoms with Crippen LogP contribution in [0.5, 0.6) is 0 Å². The van der Waals surface area contributed by atoms with Crippen molar-refractivity contribution in [2.24, 2.45) is 0 Å². The molecule has 0 bridgehead atoms. The van der Waals surface area contributed by atoms with E-state index in [-0.39, 0.29) is 5.91 Å². The highest BCUT2D eigenvalue weighted by atomic mass is 35.5. The molecular formula is C15H16ClNO3. The molecule has 1 amide bonds. The number of carbonyl (C=O) groups excluding carboxylic acids is 2. The first-order valence-electron chi connectivity index (χ1n) is 6.93.